The van der Waals surface area contributed by atoms with Crippen molar-refractivity contribution in [1.82, 2.24) is 9.80 Å². The van der Waals surface area contributed by atoms with Gasteiger partial charge in [0.25, 0.3) is 5.91 Å². The number of aliphatic hydroxyl groups is 1. The molecule has 1 atom stereocenters. The van der Waals surface area contributed by atoms with Crippen LogP contribution in [0.2, 0.25) is 0 Å². The third-order valence-corrected chi connectivity index (χ3v) is 4.78. The first-order valence-electron chi connectivity index (χ1n) is 8.11. The molecule has 1 N–H and O–H groups in total. The highest BCUT2D eigenvalue weighted by Gasteiger charge is 2.33. The number of nitrogens with zero attached hydrogens (tertiary/aromatic N) is 2. The van der Waals surface area contributed by atoms with E-state index in [4.69, 9.17) is 0 Å². The summed E-state index contributed by atoms with van der Waals surface area (Å²) < 4.78 is 0.880. The van der Waals surface area contributed by atoms with Crippen LogP contribution in [0.4, 0.5) is 0 Å². The summed E-state index contributed by atoms with van der Waals surface area (Å²) in [4.78, 5) is 27.7. The van der Waals surface area contributed by atoms with E-state index in [1.807, 2.05) is 30.3 Å². The maximum absolute atomic E-state index is 12.5. The molecular weight excluding hydrogens is 384 g/mol. The second-order valence-corrected chi connectivity index (χ2v) is 6.91. The molecule has 1 aliphatic rings. The Hall–Kier alpha value is -2.18. The largest absolute Gasteiger partial charge is 0.372 e. The lowest BCUT2D eigenvalue weighted by Gasteiger charge is -2.38. The van der Waals surface area contributed by atoms with Crippen molar-refractivity contribution in [2.24, 2.45) is 0 Å². The average molecular weight is 403 g/mol. The van der Waals surface area contributed by atoms with Gasteiger partial charge in [-0.15, -0.1) is 0 Å². The molecule has 6 heteroatoms. The minimum absolute atomic E-state index is 0.0131. The summed E-state index contributed by atoms with van der Waals surface area (Å²) >= 11 is 3.33. The van der Waals surface area contributed by atoms with Gasteiger partial charge in [0, 0.05) is 16.6 Å². The van der Waals surface area contributed by atoms with Crippen molar-refractivity contribution >= 4 is 27.7 Å². The van der Waals surface area contributed by atoms with Crippen LogP contribution in [0, 0.1) is 0 Å². The normalized spacial score (nSPS) is 17.7. The number of aliphatic hydroxyl groups excluding tert-OH is 1. The zero-order chi connectivity index (χ0) is 17.8. The van der Waals surface area contributed by atoms with Gasteiger partial charge in [-0.05, 0) is 36.2 Å². The number of halogens is 1. The van der Waals surface area contributed by atoms with E-state index in [1.54, 1.807) is 24.3 Å². The third kappa shape index (κ3) is 4.27. The molecule has 0 saturated carbocycles. The second-order valence-electron chi connectivity index (χ2n) is 6.00. The van der Waals surface area contributed by atoms with Crippen LogP contribution in [0.3, 0.4) is 0 Å². The molecule has 5 nitrogen and oxygen atoms in total. The fourth-order valence-corrected chi connectivity index (χ4v) is 3.14. The number of hydrogen-bond acceptors (Lipinski definition) is 3. The number of carbonyl (C=O) groups excluding carboxylic acids is 2. The lowest BCUT2D eigenvalue weighted by Crippen LogP contribution is -2.58. The molecule has 2 aromatic carbocycles. The van der Waals surface area contributed by atoms with Gasteiger partial charge in [-0.25, -0.2) is 0 Å². The van der Waals surface area contributed by atoms with E-state index in [1.165, 1.54) is 9.80 Å². The van der Waals surface area contributed by atoms with Crippen LogP contribution in [0.5, 0.6) is 0 Å². The quantitative estimate of drug-likeness (QED) is 0.853. The number of carbonyl (C=O) groups is 2. The van der Waals surface area contributed by atoms with Crippen molar-refractivity contribution in [3.05, 3.63) is 70.2 Å². The fourth-order valence-electron chi connectivity index (χ4n) is 2.88. The Labute approximate surface area is 155 Å². The van der Waals surface area contributed by atoms with Crippen LogP contribution in [-0.2, 0) is 11.2 Å². The predicted octanol–water partition coefficient (Wildman–Crippen LogP) is 2.29. The van der Waals surface area contributed by atoms with Crippen molar-refractivity contribution < 1.29 is 14.7 Å². The summed E-state index contributed by atoms with van der Waals surface area (Å²) in [6.07, 6.45) is -0.311. The number of hydrogen-bond donors (Lipinski definition) is 1. The van der Waals surface area contributed by atoms with E-state index in [2.05, 4.69) is 15.9 Å². The van der Waals surface area contributed by atoms with Gasteiger partial charge in [0.1, 0.15) is 12.8 Å². The Morgan fingerprint density at radius 1 is 1.12 bits per heavy atom. The maximum Gasteiger partial charge on any atom is 0.254 e. The lowest BCUT2D eigenvalue weighted by molar-refractivity contribution is -0.149. The maximum atomic E-state index is 12.5. The third-order valence-electron chi connectivity index (χ3n) is 4.25. The summed E-state index contributed by atoms with van der Waals surface area (Å²) in [6.45, 7) is 0.542. The van der Waals surface area contributed by atoms with Crippen LogP contribution < -0.4 is 0 Å². The van der Waals surface area contributed by atoms with Crippen molar-refractivity contribution in [1.29, 1.82) is 0 Å². The Morgan fingerprint density at radius 3 is 2.44 bits per heavy atom. The molecule has 1 heterocycles. The first kappa shape index (κ1) is 17.6. The summed E-state index contributed by atoms with van der Waals surface area (Å²) in [6, 6.07) is 16.8. The van der Waals surface area contributed by atoms with Crippen LogP contribution >= 0.6 is 15.9 Å². The molecule has 1 saturated heterocycles. The van der Waals surface area contributed by atoms with Gasteiger partial charge in [0.15, 0.2) is 0 Å². The Morgan fingerprint density at radius 2 is 1.80 bits per heavy atom. The summed E-state index contributed by atoms with van der Waals surface area (Å²) in [5.41, 5.74) is 1.61. The zero-order valence-electron chi connectivity index (χ0n) is 13.6. The van der Waals surface area contributed by atoms with Gasteiger partial charge in [-0.1, -0.05) is 46.3 Å². The number of amides is 2. The van der Waals surface area contributed by atoms with E-state index >= 15 is 0 Å². The zero-order valence-corrected chi connectivity index (χ0v) is 15.2. The molecule has 1 unspecified atom stereocenters. The average Bonchev–Trinajstić information content (AvgIpc) is 2.62. The van der Waals surface area contributed by atoms with Crippen LogP contribution in [0.1, 0.15) is 15.9 Å². The van der Waals surface area contributed by atoms with E-state index in [-0.39, 0.29) is 24.9 Å². The second kappa shape index (κ2) is 7.80. The molecule has 0 spiro atoms. The first-order valence-corrected chi connectivity index (χ1v) is 8.90. The van der Waals surface area contributed by atoms with E-state index in [0.717, 1.165) is 10.0 Å². The summed E-state index contributed by atoms with van der Waals surface area (Å²) in [5, 5.41) is 10.3. The molecule has 0 aliphatic carbocycles. The number of β-amino-alcohol motifs (C(OH)–C–C–N with tert-alkyl or cyclic N) is 1. The minimum atomic E-state index is -0.982. The highest BCUT2D eigenvalue weighted by atomic mass is 79.9. The molecule has 0 bridgehead atoms. The lowest BCUT2D eigenvalue weighted by atomic mass is 10.1. The van der Waals surface area contributed by atoms with Gasteiger partial charge >= 0.3 is 0 Å². The Balaban J connectivity index is 1.62. The standard InChI is InChI=1S/C19H19BrN2O3/c20-16-8-6-15(7-9-16)19(25)21-12-17(23)22(18(24)13-21)11-10-14-4-2-1-3-5-14/h1-9,17,23H,10-13H2. The highest BCUT2D eigenvalue weighted by Crippen LogP contribution is 2.16. The van der Waals surface area contributed by atoms with Crippen molar-refractivity contribution in [3.63, 3.8) is 0 Å². The minimum Gasteiger partial charge on any atom is -0.372 e. The fraction of sp³-hybridized carbons (Fsp3) is 0.263. The molecule has 1 fully saturated rings. The number of rotatable bonds is 4. The van der Waals surface area contributed by atoms with E-state index < -0.39 is 6.23 Å². The van der Waals surface area contributed by atoms with Gasteiger partial charge in [0.2, 0.25) is 5.91 Å². The van der Waals surface area contributed by atoms with Crippen LogP contribution in [-0.4, -0.2) is 52.6 Å². The molecular formula is C19H19BrN2O3. The van der Waals surface area contributed by atoms with Crippen LogP contribution in [0.15, 0.2) is 59.1 Å². The molecule has 3 rings (SSSR count). The predicted molar refractivity (Wildman–Crippen MR) is 97.9 cm³/mol. The van der Waals surface area contributed by atoms with Crippen molar-refractivity contribution in [2.45, 2.75) is 12.6 Å². The Bertz CT molecular complexity index is 749. The molecule has 2 amide bonds. The topological polar surface area (TPSA) is 60.9 Å². The van der Waals surface area contributed by atoms with E-state index in [9.17, 15) is 14.7 Å². The van der Waals surface area contributed by atoms with Gasteiger partial charge in [0.05, 0.1) is 6.54 Å². The van der Waals surface area contributed by atoms with Gasteiger partial charge in [-0.2, -0.15) is 0 Å². The smallest absolute Gasteiger partial charge is 0.254 e. The van der Waals surface area contributed by atoms with E-state index in [0.29, 0.717) is 18.5 Å². The summed E-state index contributed by atoms with van der Waals surface area (Å²) in [5.74, 6) is -0.484. The van der Waals surface area contributed by atoms with Crippen LogP contribution in [0.25, 0.3) is 0 Å². The first-order chi connectivity index (χ1) is 12.0. The molecule has 25 heavy (non-hydrogen) atoms. The monoisotopic (exact) mass is 402 g/mol. The van der Waals surface area contributed by atoms with Gasteiger partial charge < -0.3 is 14.9 Å². The highest BCUT2D eigenvalue weighted by molar-refractivity contribution is 9.10. The molecule has 2 aromatic rings. The molecule has 0 aromatic heterocycles. The molecule has 0 radical (unpaired) electrons. The van der Waals surface area contributed by atoms with Crippen molar-refractivity contribution in [3.8, 4) is 0 Å². The SMILES string of the molecule is O=C(c1ccc(Br)cc1)N1CC(=O)N(CCc2ccccc2)C(O)C1. The molecule has 130 valence electrons. The Kier molecular flexibility index (Phi) is 5.50. The van der Waals surface area contributed by atoms with Gasteiger partial charge in [-0.3, -0.25) is 9.59 Å². The van der Waals surface area contributed by atoms with Crippen molar-refractivity contribution in [2.75, 3.05) is 19.6 Å². The number of piperazine rings is 1. The number of benzene rings is 2. The summed E-state index contributed by atoms with van der Waals surface area (Å²) in [7, 11) is 0. The molecule has 1 aliphatic heterocycles.